The molecule has 1 saturated carbocycles. The van der Waals surface area contributed by atoms with E-state index in [0.29, 0.717) is 35.3 Å². The van der Waals surface area contributed by atoms with Crippen molar-refractivity contribution in [3.05, 3.63) is 12.1 Å². The highest BCUT2D eigenvalue weighted by Gasteiger charge is 2.19. The van der Waals surface area contributed by atoms with Crippen molar-refractivity contribution in [2.24, 2.45) is 5.92 Å². The Morgan fingerprint density at radius 2 is 1.67 bits per heavy atom. The molecule has 0 radical (unpaired) electrons. The smallest absolute Gasteiger partial charge is 0.224 e. The molecule has 5 nitrogen and oxygen atoms in total. The standard InChI is InChI=1S/C16H23NO4/c1-19-13-9-12(10-14(20-2)16(13)21-3)17-15(18)8-11-6-4-5-7-11/h9-11H,4-8H2,1-3H3,(H,17,18). The van der Waals surface area contributed by atoms with Gasteiger partial charge in [0.2, 0.25) is 11.7 Å². The van der Waals surface area contributed by atoms with Gasteiger partial charge in [-0.15, -0.1) is 0 Å². The summed E-state index contributed by atoms with van der Waals surface area (Å²) in [7, 11) is 4.67. The summed E-state index contributed by atoms with van der Waals surface area (Å²) < 4.78 is 15.8. The number of amides is 1. The molecule has 0 unspecified atom stereocenters. The van der Waals surface area contributed by atoms with E-state index in [0.717, 1.165) is 12.8 Å². The van der Waals surface area contributed by atoms with Gasteiger partial charge in [-0.25, -0.2) is 0 Å². The summed E-state index contributed by atoms with van der Waals surface area (Å²) in [6.07, 6.45) is 5.37. The van der Waals surface area contributed by atoms with Gasteiger partial charge < -0.3 is 19.5 Å². The average molecular weight is 293 g/mol. The first-order chi connectivity index (χ1) is 10.2. The number of ether oxygens (including phenoxy) is 3. The molecule has 0 aromatic heterocycles. The van der Waals surface area contributed by atoms with Crippen LogP contribution in [-0.4, -0.2) is 27.2 Å². The van der Waals surface area contributed by atoms with E-state index in [9.17, 15) is 4.79 Å². The van der Waals surface area contributed by atoms with E-state index in [1.165, 1.54) is 12.8 Å². The number of methoxy groups -OCH3 is 3. The minimum absolute atomic E-state index is 0.0381. The lowest BCUT2D eigenvalue weighted by Crippen LogP contribution is -2.15. The molecule has 0 aliphatic heterocycles. The molecule has 0 bridgehead atoms. The highest BCUT2D eigenvalue weighted by Crippen LogP contribution is 2.40. The van der Waals surface area contributed by atoms with Crippen molar-refractivity contribution in [1.82, 2.24) is 0 Å². The molecular formula is C16H23NO4. The minimum atomic E-state index is 0.0381. The Hall–Kier alpha value is -1.91. The summed E-state index contributed by atoms with van der Waals surface area (Å²) in [6, 6.07) is 3.49. The van der Waals surface area contributed by atoms with Crippen molar-refractivity contribution in [1.29, 1.82) is 0 Å². The fraction of sp³-hybridized carbons (Fsp3) is 0.562. The molecule has 21 heavy (non-hydrogen) atoms. The lowest BCUT2D eigenvalue weighted by molar-refractivity contribution is -0.117. The molecular weight excluding hydrogens is 270 g/mol. The third kappa shape index (κ3) is 3.80. The molecule has 0 heterocycles. The van der Waals surface area contributed by atoms with E-state index >= 15 is 0 Å². The normalized spacial score (nSPS) is 14.8. The Kier molecular flexibility index (Phi) is 5.31. The zero-order chi connectivity index (χ0) is 15.2. The van der Waals surface area contributed by atoms with Gasteiger partial charge in [-0.1, -0.05) is 12.8 Å². The Balaban J connectivity index is 2.09. The maximum atomic E-state index is 12.1. The second-order valence-corrected chi connectivity index (χ2v) is 5.32. The van der Waals surface area contributed by atoms with Crippen LogP contribution < -0.4 is 19.5 Å². The SMILES string of the molecule is COc1cc(NC(=O)CC2CCCC2)cc(OC)c1OC. The molecule has 1 aliphatic rings. The molecule has 1 aliphatic carbocycles. The molecule has 0 saturated heterocycles. The maximum Gasteiger partial charge on any atom is 0.224 e. The van der Waals surface area contributed by atoms with Crippen LogP contribution in [0.15, 0.2) is 12.1 Å². The van der Waals surface area contributed by atoms with Gasteiger partial charge in [0.15, 0.2) is 11.5 Å². The summed E-state index contributed by atoms with van der Waals surface area (Å²) in [5, 5.41) is 2.92. The topological polar surface area (TPSA) is 56.8 Å². The number of hydrogen-bond acceptors (Lipinski definition) is 4. The van der Waals surface area contributed by atoms with Crippen LogP contribution in [0.2, 0.25) is 0 Å². The third-order valence-corrected chi connectivity index (χ3v) is 3.90. The number of nitrogens with one attached hydrogen (secondary N) is 1. The van der Waals surface area contributed by atoms with Crippen LogP contribution in [0.1, 0.15) is 32.1 Å². The average Bonchev–Trinajstić information content (AvgIpc) is 2.98. The highest BCUT2D eigenvalue weighted by atomic mass is 16.5. The summed E-state index contributed by atoms with van der Waals surface area (Å²) in [4.78, 5) is 12.1. The van der Waals surface area contributed by atoms with Crippen molar-refractivity contribution >= 4 is 11.6 Å². The van der Waals surface area contributed by atoms with Crippen LogP contribution in [0.5, 0.6) is 17.2 Å². The van der Waals surface area contributed by atoms with E-state index < -0.39 is 0 Å². The van der Waals surface area contributed by atoms with Gasteiger partial charge in [0.05, 0.1) is 21.3 Å². The maximum absolute atomic E-state index is 12.1. The lowest BCUT2D eigenvalue weighted by atomic mass is 10.0. The zero-order valence-corrected chi connectivity index (χ0v) is 12.9. The molecule has 1 N–H and O–H groups in total. The van der Waals surface area contributed by atoms with E-state index in [1.807, 2.05) is 0 Å². The predicted octanol–water partition coefficient (Wildman–Crippen LogP) is 3.23. The van der Waals surface area contributed by atoms with Crippen molar-refractivity contribution < 1.29 is 19.0 Å². The molecule has 0 atom stereocenters. The summed E-state index contributed by atoms with van der Waals surface area (Å²) >= 11 is 0. The fourth-order valence-corrected chi connectivity index (χ4v) is 2.84. The van der Waals surface area contributed by atoms with Crippen molar-refractivity contribution in [2.45, 2.75) is 32.1 Å². The number of rotatable bonds is 6. The monoisotopic (exact) mass is 293 g/mol. The fourth-order valence-electron chi connectivity index (χ4n) is 2.84. The molecule has 0 spiro atoms. The van der Waals surface area contributed by atoms with Gasteiger partial charge in [0.1, 0.15) is 0 Å². The van der Waals surface area contributed by atoms with E-state index in [1.54, 1.807) is 33.5 Å². The van der Waals surface area contributed by atoms with Gasteiger partial charge in [-0.3, -0.25) is 4.79 Å². The Morgan fingerprint density at radius 1 is 1.10 bits per heavy atom. The van der Waals surface area contributed by atoms with Crippen LogP contribution in [0, 0.1) is 5.92 Å². The number of hydrogen-bond donors (Lipinski definition) is 1. The van der Waals surface area contributed by atoms with Gasteiger partial charge in [-0.05, 0) is 18.8 Å². The van der Waals surface area contributed by atoms with E-state index in [2.05, 4.69) is 5.32 Å². The summed E-state index contributed by atoms with van der Waals surface area (Å²) in [6.45, 7) is 0. The Bertz CT molecular complexity index is 470. The molecule has 1 aromatic rings. The van der Waals surface area contributed by atoms with Crippen LogP contribution in [0.25, 0.3) is 0 Å². The first kappa shape index (κ1) is 15.5. The van der Waals surface area contributed by atoms with Gasteiger partial charge in [-0.2, -0.15) is 0 Å². The highest BCUT2D eigenvalue weighted by molar-refractivity contribution is 5.91. The summed E-state index contributed by atoms with van der Waals surface area (Å²) in [5.74, 6) is 2.15. The van der Waals surface area contributed by atoms with Gasteiger partial charge in [0, 0.05) is 24.2 Å². The quantitative estimate of drug-likeness (QED) is 0.875. The number of carbonyl (C=O) groups is 1. The molecule has 5 heteroatoms. The second-order valence-electron chi connectivity index (χ2n) is 5.32. The Morgan fingerprint density at radius 3 is 2.14 bits per heavy atom. The molecule has 1 amide bonds. The summed E-state index contributed by atoms with van der Waals surface area (Å²) in [5.41, 5.74) is 0.660. The largest absolute Gasteiger partial charge is 0.493 e. The first-order valence-corrected chi connectivity index (χ1v) is 7.27. The van der Waals surface area contributed by atoms with Gasteiger partial charge in [0.25, 0.3) is 0 Å². The lowest BCUT2D eigenvalue weighted by Gasteiger charge is -2.15. The first-order valence-electron chi connectivity index (χ1n) is 7.27. The van der Waals surface area contributed by atoms with Crippen LogP contribution in [0.3, 0.4) is 0 Å². The molecule has 2 rings (SSSR count). The molecule has 1 fully saturated rings. The van der Waals surface area contributed by atoms with Crippen LogP contribution in [-0.2, 0) is 4.79 Å². The number of anilines is 1. The van der Waals surface area contributed by atoms with Crippen molar-refractivity contribution in [2.75, 3.05) is 26.6 Å². The van der Waals surface area contributed by atoms with E-state index in [-0.39, 0.29) is 5.91 Å². The second kappa shape index (κ2) is 7.20. The van der Waals surface area contributed by atoms with Crippen molar-refractivity contribution in [3.8, 4) is 17.2 Å². The Labute approximate surface area is 125 Å². The van der Waals surface area contributed by atoms with Crippen molar-refractivity contribution in [3.63, 3.8) is 0 Å². The van der Waals surface area contributed by atoms with Gasteiger partial charge >= 0.3 is 0 Å². The zero-order valence-electron chi connectivity index (χ0n) is 12.9. The van der Waals surface area contributed by atoms with E-state index in [4.69, 9.17) is 14.2 Å². The molecule has 1 aromatic carbocycles. The number of carbonyl (C=O) groups excluding carboxylic acids is 1. The van der Waals surface area contributed by atoms with Crippen LogP contribution in [0.4, 0.5) is 5.69 Å². The molecule has 116 valence electrons. The minimum Gasteiger partial charge on any atom is -0.493 e. The van der Waals surface area contributed by atoms with Crippen LogP contribution >= 0.6 is 0 Å². The third-order valence-electron chi connectivity index (χ3n) is 3.90. The predicted molar refractivity (Wildman–Crippen MR) is 81.3 cm³/mol. The number of benzene rings is 1.